The first-order chi connectivity index (χ1) is 9.70. The molecule has 1 heterocycles. The molecule has 0 bridgehead atoms. The van der Waals surface area contributed by atoms with Gasteiger partial charge in [0.1, 0.15) is 0 Å². The highest BCUT2D eigenvalue weighted by molar-refractivity contribution is 5.03. The Labute approximate surface area is 125 Å². The summed E-state index contributed by atoms with van der Waals surface area (Å²) < 4.78 is 5.80. The van der Waals surface area contributed by atoms with E-state index in [-0.39, 0.29) is 0 Å². The minimum absolute atomic E-state index is 0.346. The summed E-state index contributed by atoms with van der Waals surface area (Å²) in [4.78, 5) is 2.52. The van der Waals surface area contributed by atoms with E-state index in [0.29, 0.717) is 17.5 Å². The second-order valence-electron chi connectivity index (χ2n) is 6.97. The quantitative estimate of drug-likeness (QED) is 0.810. The van der Waals surface area contributed by atoms with Gasteiger partial charge in [-0.15, -0.1) is 0 Å². The fourth-order valence-electron chi connectivity index (χ4n) is 4.32. The zero-order valence-corrected chi connectivity index (χ0v) is 13.8. The normalized spacial score (nSPS) is 28.5. The molecule has 20 heavy (non-hydrogen) atoms. The standard InChI is InChI=1S/C17H34N2O/c1-4-12-18-16(15-9-8-13-20-14-15)17(19(2)3)10-6-5-7-11-17/h15-16,18H,4-14H2,1-3H3. The molecule has 0 radical (unpaired) electrons. The number of hydrogen-bond donors (Lipinski definition) is 1. The van der Waals surface area contributed by atoms with E-state index >= 15 is 0 Å². The molecule has 0 amide bonds. The summed E-state index contributed by atoms with van der Waals surface area (Å²) in [7, 11) is 4.57. The van der Waals surface area contributed by atoms with Gasteiger partial charge in [-0.1, -0.05) is 26.2 Å². The van der Waals surface area contributed by atoms with Crippen molar-refractivity contribution in [1.82, 2.24) is 10.2 Å². The van der Waals surface area contributed by atoms with Crippen LogP contribution in [-0.2, 0) is 4.74 Å². The van der Waals surface area contributed by atoms with Gasteiger partial charge in [0, 0.05) is 18.2 Å². The summed E-state index contributed by atoms with van der Waals surface area (Å²) in [5, 5.41) is 3.91. The number of nitrogens with zero attached hydrogens (tertiary/aromatic N) is 1. The Morgan fingerprint density at radius 1 is 1.20 bits per heavy atom. The van der Waals surface area contributed by atoms with Gasteiger partial charge in [0.15, 0.2) is 0 Å². The number of likely N-dealkylation sites (N-methyl/N-ethyl adjacent to an activating group) is 1. The first-order valence-electron chi connectivity index (χ1n) is 8.69. The molecule has 1 N–H and O–H groups in total. The topological polar surface area (TPSA) is 24.5 Å². The van der Waals surface area contributed by atoms with Crippen molar-refractivity contribution in [3.63, 3.8) is 0 Å². The predicted molar refractivity (Wildman–Crippen MR) is 85.1 cm³/mol. The average Bonchev–Trinajstić information content (AvgIpc) is 2.49. The molecule has 1 aliphatic heterocycles. The van der Waals surface area contributed by atoms with Gasteiger partial charge >= 0.3 is 0 Å². The van der Waals surface area contributed by atoms with Crippen LogP contribution in [0.25, 0.3) is 0 Å². The SMILES string of the molecule is CCCNC(C1CCCOC1)C1(N(C)C)CCCCC1. The molecule has 0 spiro atoms. The van der Waals surface area contributed by atoms with Gasteiger partial charge in [0.25, 0.3) is 0 Å². The van der Waals surface area contributed by atoms with Gasteiger partial charge in [0.2, 0.25) is 0 Å². The summed E-state index contributed by atoms with van der Waals surface area (Å²) in [6.45, 7) is 5.32. The lowest BCUT2D eigenvalue weighted by Gasteiger charge is -2.52. The maximum atomic E-state index is 5.80. The molecule has 2 unspecified atom stereocenters. The maximum Gasteiger partial charge on any atom is 0.0509 e. The van der Waals surface area contributed by atoms with Crippen LogP contribution in [0, 0.1) is 5.92 Å². The van der Waals surface area contributed by atoms with E-state index < -0.39 is 0 Å². The van der Waals surface area contributed by atoms with Crippen molar-refractivity contribution < 1.29 is 4.74 Å². The Kier molecular flexibility index (Phi) is 6.31. The third kappa shape index (κ3) is 3.55. The summed E-state index contributed by atoms with van der Waals surface area (Å²) in [6, 6.07) is 0.595. The number of hydrogen-bond acceptors (Lipinski definition) is 3. The molecule has 1 saturated carbocycles. The van der Waals surface area contributed by atoms with E-state index in [0.717, 1.165) is 19.8 Å². The van der Waals surface area contributed by atoms with Gasteiger partial charge in [0.05, 0.1) is 6.61 Å². The van der Waals surface area contributed by atoms with Gasteiger partial charge < -0.3 is 15.0 Å². The van der Waals surface area contributed by atoms with Crippen molar-refractivity contribution in [2.45, 2.75) is 69.9 Å². The van der Waals surface area contributed by atoms with Crippen LogP contribution < -0.4 is 5.32 Å². The third-order valence-electron chi connectivity index (χ3n) is 5.47. The van der Waals surface area contributed by atoms with Crippen molar-refractivity contribution >= 4 is 0 Å². The van der Waals surface area contributed by atoms with Gasteiger partial charge in [-0.2, -0.15) is 0 Å². The van der Waals surface area contributed by atoms with E-state index in [1.54, 1.807) is 0 Å². The monoisotopic (exact) mass is 282 g/mol. The fourth-order valence-corrected chi connectivity index (χ4v) is 4.32. The van der Waals surface area contributed by atoms with E-state index in [1.165, 1.54) is 51.4 Å². The zero-order chi connectivity index (χ0) is 14.4. The highest BCUT2D eigenvalue weighted by Gasteiger charge is 2.45. The van der Waals surface area contributed by atoms with Crippen molar-refractivity contribution in [1.29, 1.82) is 0 Å². The lowest BCUT2D eigenvalue weighted by molar-refractivity contribution is -0.0212. The smallest absolute Gasteiger partial charge is 0.0509 e. The average molecular weight is 282 g/mol. The zero-order valence-electron chi connectivity index (χ0n) is 13.8. The van der Waals surface area contributed by atoms with Crippen LogP contribution in [0.5, 0.6) is 0 Å². The second kappa shape index (κ2) is 7.77. The van der Waals surface area contributed by atoms with Crippen LogP contribution in [0.3, 0.4) is 0 Å². The van der Waals surface area contributed by atoms with Crippen molar-refractivity contribution in [2.75, 3.05) is 33.9 Å². The van der Waals surface area contributed by atoms with E-state index in [2.05, 4.69) is 31.2 Å². The minimum Gasteiger partial charge on any atom is -0.381 e. The molecule has 2 fully saturated rings. The summed E-state index contributed by atoms with van der Waals surface area (Å²) in [5.41, 5.74) is 0.346. The Bertz CT molecular complexity index is 268. The molecule has 2 rings (SSSR count). The molecule has 2 atom stereocenters. The van der Waals surface area contributed by atoms with Crippen molar-refractivity contribution in [2.24, 2.45) is 5.92 Å². The molecule has 0 aromatic carbocycles. The van der Waals surface area contributed by atoms with Gasteiger partial charge in [-0.05, 0) is 58.7 Å². The minimum atomic E-state index is 0.346. The van der Waals surface area contributed by atoms with E-state index in [1.807, 2.05) is 0 Å². The Morgan fingerprint density at radius 2 is 1.95 bits per heavy atom. The molecule has 118 valence electrons. The summed E-state index contributed by atoms with van der Waals surface area (Å²) in [5.74, 6) is 0.691. The van der Waals surface area contributed by atoms with E-state index in [4.69, 9.17) is 4.74 Å². The number of nitrogens with one attached hydrogen (secondary N) is 1. The van der Waals surface area contributed by atoms with Crippen molar-refractivity contribution in [3.8, 4) is 0 Å². The molecule has 3 heteroatoms. The summed E-state index contributed by atoms with van der Waals surface area (Å²) in [6.07, 6.45) is 10.7. The Morgan fingerprint density at radius 3 is 2.50 bits per heavy atom. The third-order valence-corrected chi connectivity index (χ3v) is 5.47. The lowest BCUT2D eigenvalue weighted by Crippen LogP contribution is -2.63. The second-order valence-corrected chi connectivity index (χ2v) is 6.97. The number of rotatable bonds is 6. The molecule has 0 aromatic heterocycles. The highest BCUT2D eigenvalue weighted by atomic mass is 16.5. The molecule has 1 aliphatic carbocycles. The van der Waals surface area contributed by atoms with Crippen LogP contribution in [0.15, 0.2) is 0 Å². The van der Waals surface area contributed by atoms with E-state index in [9.17, 15) is 0 Å². The molecule has 0 aromatic rings. The van der Waals surface area contributed by atoms with Crippen LogP contribution in [0.1, 0.15) is 58.3 Å². The first kappa shape index (κ1) is 16.3. The highest BCUT2D eigenvalue weighted by Crippen LogP contribution is 2.39. The predicted octanol–water partition coefficient (Wildman–Crippen LogP) is 3.05. The van der Waals surface area contributed by atoms with Crippen molar-refractivity contribution in [3.05, 3.63) is 0 Å². The molecule has 2 aliphatic rings. The molecule has 3 nitrogen and oxygen atoms in total. The van der Waals surface area contributed by atoms with Crippen LogP contribution in [-0.4, -0.2) is 50.3 Å². The number of ether oxygens (including phenoxy) is 1. The Balaban J connectivity index is 2.16. The lowest BCUT2D eigenvalue weighted by atomic mass is 9.70. The van der Waals surface area contributed by atoms with Crippen LogP contribution >= 0.6 is 0 Å². The fraction of sp³-hybridized carbons (Fsp3) is 1.00. The van der Waals surface area contributed by atoms with Gasteiger partial charge in [-0.25, -0.2) is 0 Å². The molecular formula is C17H34N2O. The summed E-state index contributed by atoms with van der Waals surface area (Å²) >= 11 is 0. The Hall–Kier alpha value is -0.120. The maximum absolute atomic E-state index is 5.80. The first-order valence-corrected chi connectivity index (χ1v) is 8.69. The molecular weight excluding hydrogens is 248 g/mol. The van der Waals surface area contributed by atoms with Crippen LogP contribution in [0.2, 0.25) is 0 Å². The molecule has 1 saturated heterocycles. The van der Waals surface area contributed by atoms with Gasteiger partial charge in [-0.3, -0.25) is 0 Å². The largest absolute Gasteiger partial charge is 0.381 e. The van der Waals surface area contributed by atoms with Crippen LogP contribution in [0.4, 0.5) is 0 Å².